The van der Waals surface area contributed by atoms with Gasteiger partial charge in [0.2, 0.25) is 0 Å². The Kier molecular flexibility index (Phi) is 5.42. The molecule has 1 fully saturated rings. The number of amides is 2. The second kappa shape index (κ2) is 7.91. The van der Waals surface area contributed by atoms with Crippen LogP contribution in [0, 0.1) is 37.3 Å². The average Bonchev–Trinajstić information content (AvgIpc) is 2.95. The molecule has 0 radical (unpaired) electrons. The van der Waals surface area contributed by atoms with Crippen LogP contribution >= 0.6 is 0 Å². The first-order valence-electron chi connectivity index (χ1n) is 10.6. The van der Waals surface area contributed by atoms with Gasteiger partial charge >= 0.3 is 0 Å². The molecule has 4 rings (SSSR count). The summed E-state index contributed by atoms with van der Waals surface area (Å²) in [6.45, 7) is 9.40. The maximum atomic E-state index is 14.6. The van der Waals surface area contributed by atoms with Crippen LogP contribution in [-0.2, 0) is 9.59 Å². The fourth-order valence-corrected chi connectivity index (χ4v) is 4.69. The second-order valence-electron chi connectivity index (χ2n) is 8.92. The van der Waals surface area contributed by atoms with E-state index in [0.29, 0.717) is 30.5 Å². The maximum Gasteiger partial charge on any atom is 0.282 e. The van der Waals surface area contributed by atoms with Crippen LogP contribution in [0.3, 0.4) is 0 Å². The molecule has 0 aliphatic carbocycles. The summed E-state index contributed by atoms with van der Waals surface area (Å²) in [5, 5.41) is 0. The number of piperidine rings is 1. The van der Waals surface area contributed by atoms with Gasteiger partial charge in [0.1, 0.15) is 17.3 Å². The van der Waals surface area contributed by atoms with Gasteiger partial charge in [-0.15, -0.1) is 0 Å². The molecule has 6 heteroatoms. The minimum atomic E-state index is -0.816. The summed E-state index contributed by atoms with van der Waals surface area (Å²) >= 11 is 0. The van der Waals surface area contributed by atoms with Gasteiger partial charge in [0, 0.05) is 19.2 Å². The van der Waals surface area contributed by atoms with Crippen molar-refractivity contribution in [3.63, 3.8) is 0 Å². The molecule has 2 unspecified atom stereocenters. The summed E-state index contributed by atoms with van der Waals surface area (Å²) < 4.78 is 28.4. The van der Waals surface area contributed by atoms with Crippen molar-refractivity contribution in [1.29, 1.82) is 0 Å². The van der Waals surface area contributed by atoms with Crippen molar-refractivity contribution >= 4 is 23.1 Å². The van der Waals surface area contributed by atoms with Crippen LogP contribution in [0.25, 0.3) is 5.57 Å². The van der Waals surface area contributed by atoms with Gasteiger partial charge in [-0.2, -0.15) is 0 Å². The van der Waals surface area contributed by atoms with Crippen LogP contribution in [0.5, 0.6) is 0 Å². The van der Waals surface area contributed by atoms with Crippen LogP contribution in [-0.4, -0.2) is 29.8 Å². The van der Waals surface area contributed by atoms with E-state index in [2.05, 4.69) is 13.8 Å². The average molecular weight is 424 g/mol. The zero-order valence-electron chi connectivity index (χ0n) is 18.2. The van der Waals surface area contributed by atoms with Gasteiger partial charge in [-0.05, 0) is 60.9 Å². The van der Waals surface area contributed by atoms with Crippen LogP contribution in [0.1, 0.15) is 37.0 Å². The third-order valence-electron chi connectivity index (χ3n) is 6.19. The summed E-state index contributed by atoms with van der Waals surface area (Å²) in [5.74, 6) is -2.06. The van der Waals surface area contributed by atoms with Gasteiger partial charge in [0.25, 0.3) is 11.8 Å². The highest BCUT2D eigenvalue weighted by Gasteiger charge is 2.44. The summed E-state index contributed by atoms with van der Waals surface area (Å²) in [7, 11) is 0. The van der Waals surface area contributed by atoms with Crippen molar-refractivity contribution in [2.45, 2.75) is 34.1 Å². The maximum absolute atomic E-state index is 14.6. The van der Waals surface area contributed by atoms with E-state index in [-0.39, 0.29) is 17.0 Å². The number of imide groups is 1. The van der Waals surface area contributed by atoms with Crippen LogP contribution in [0.2, 0.25) is 0 Å². The molecule has 4 nitrogen and oxygen atoms in total. The lowest BCUT2D eigenvalue weighted by atomic mass is 9.90. The lowest BCUT2D eigenvalue weighted by Gasteiger charge is -2.37. The number of carbonyl (C=O) groups is 2. The van der Waals surface area contributed by atoms with E-state index in [4.69, 9.17) is 0 Å². The smallest absolute Gasteiger partial charge is 0.282 e. The molecule has 31 heavy (non-hydrogen) atoms. The zero-order valence-corrected chi connectivity index (χ0v) is 18.2. The Bertz CT molecular complexity index is 1100. The minimum absolute atomic E-state index is 0.248. The quantitative estimate of drug-likeness (QED) is 0.662. The van der Waals surface area contributed by atoms with E-state index in [9.17, 15) is 18.4 Å². The number of aryl methyl sites for hydroxylation is 2. The molecular weight excluding hydrogens is 398 g/mol. The first-order chi connectivity index (χ1) is 14.7. The van der Waals surface area contributed by atoms with E-state index in [1.807, 2.05) is 36.9 Å². The molecule has 2 aliphatic rings. The third kappa shape index (κ3) is 3.75. The molecule has 0 N–H and O–H groups in total. The van der Waals surface area contributed by atoms with Crippen LogP contribution in [0.15, 0.2) is 42.1 Å². The van der Waals surface area contributed by atoms with E-state index < -0.39 is 23.4 Å². The molecule has 2 amide bonds. The first kappa shape index (κ1) is 21.2. The minimum Gasteiger partial charge on any atom is -0.366 e. The van der Waals surface area contributed by atoms with Gasteiger partial charge in [0.05, 0.1) is 11.3 Å². The van der Waals surface area contributed by atoms with E-state index >= 15 is 0 Å². The van der Waals surface area contributed by atoms with Gasteiger partial charge in [-0.25, -0.2) is 13.7 Å². The topological polar surface area (TPSA) is 40.6 Å². The zero-order chi connectivity index (χ0) is 22.4. The predicted molar refractivity (Wildman–Crippen MR) is 116 cm³/mol. The molecule has 2 aromatic rings. The molecular formula is C25H26F2N2O2. The molecule has 0 bridgehead atoms. The first-order valence-corrected chi connectivity index (χ1v) is 10.6. The highest BCUT2D eigenvalue weighted by atomic mass is 19.1. The van der Waals surface area contributed by atoms with E-state index in [1.165, 1.54) is 0 Å². The number of halogens is 2. The largest absolute Gasteiger partial charge is 0.366 e. The van der Waals surface area contributed by atoms with Gasteiger partial charge in [-0.3, -0.25) is 9.59 Å². The second-order valence-corrected chi connectivity index (χ2v) is 8.92. The number of rotatable bonds is 3. The number of carbonyl (C=O) groups excluding carboxylic acids is 2. The highest BCUT2D eigenvalue weighted by Crippen LogP contribution is 2.38. The summed E-state index contributed by atoms with van der Waals surface area (Å²) in [5.41, 5.74) is 2.83. The van der Waals surface area contributed by atoms with Gasteiger partial charge in [0.15, 0.2) is 0 Å². The van der Waals surface area contributed by atoms with Crippen LogP contribution in [0.4, 0.5) is 14.5 Å². The molecule has 2 heterocycles. The lowest BCUT2D eigenvalue weighted by Crippen LogP contribution is -2.42. The molecule has 2 atom stereocenters. The number of benzene rings is 2. The molecule has 0 aromatic heterocycles. The van der Waals surface area contributed by atoms with Crippen LogP contribution < -0.4 is 4.90 Å². The lowest BCUT2D eigenvalue weighted by molar-refractivity contribution is -0.121. The van der Waals surface area contributed by atoms with Gasteiger partial charge in [-0.1, -0.05) is 32.0 Å². The Morgan fingerprint density at radius 1 is 0.871 bits per heavy atom. The molecule has 162 valence electrons. The van der Waals surface area contributed by atoms with Crippen molar-refractivity contribution in [1.82, 2.24) is 4.90 Å². The van der Waals surface area contributed by atoms with Gasteiger partial charge < -0.3 is 4.90 Å². The Hall–Kier alpha value is -3.02. The molecule has 0 spiro atoms. The fraction of sp³-hybridized carbons (Fsp3) is 0.360. The number of anilines is 1. The SMILES string of the molecule is Cc1ccc(C2=C(N3CC(C)CC(C)C3)C(=O)N(c3cc(F)ccc3F)C2=O)cc1C. The molecule has 0 saturated carbocycles. The molecule has 1 saturated heterocycles. The Balaban J connectivity index is 1.89. The Morgan fingerprint density at radius 2 is 1.55 bits per heavy atom. The number of nitrogens with zero attached hydrogens (tertiary/aromatic N) is 2. The predicted octanol–water partition coefficient (Wildman–Crippen LogP) is 4.84. The monoisotopic (exact) mass is 424 g/mol. The summed E-state index contributed by atoms with van der Waals surface area (Å²) in [4.78, 5) is 29.8. The Labute approximate surface area is 181 Å². The van der Waals surface area contributed by atoms with Crippen molar-refractivity contribution in [2.24, 2.45) is 11.8 Å². The van der Waals surface area contributed by atoms with Crippen molar-refractivity contribution in [3.8, 4) is 0 Å². The number of hydrogen-bond donors (Lipinski definition) is 0. The van der Waals surface area contributed by atoms with Crippen molar-refractivity contribution in [2.75, 3.05) is 18.0 Å². The Morgan fingerprint density at radius 3 is 2.19 bits per heavy atom. The van der Waals surface area contributed by atoms with E-state index in [1.54, 1.807) is 0 Å². The highest BCUT2D eigenvalue weighted by molar-refractivity contribution is 6.45. The summed E-state index contributed by atoms with van der Waals surface area (Å²) in [6.07, 6.45) is 1.03. The number of hydrogen-bond acceptors (Lipinski definition) is 3. The normalized spacial score (nSPS) is 22.0. The standard InChI is InChI=1S/C25H26F2N2O2/c1-14-9-15(2)13-28(12-14)23-22(18-6-5-16(3)17(4)10-18)24(30)29(25(23)31)21-11-19(26)7-8-20(21)27/h5-8,10-11,14-15H,9,12-13H2,1-4H3. The third-order valence-corrected chi connectivity index (χ3v) is 6.19. The molecule has 2 aliphatic heterocycles. The summed E-state index contributed by atoms with van der Waals surface area (Å²) in [6, 6.07) is 8.39. The van der Waals surface area contributed by atoms with Crippen molar-refractivity contribution in [3.05, 3.63) is 70.4 Å². The van der Waals surface area contributed by atoms with Crippen molar-refractivity contribution < 1.29 is 18.4 Å². The fourth-order valence-electron chi connectivity index (χ4n) is 4.69. The molecule has 2 aromatic carbocycles. The van der Waals surface area contributed by atoms with E-state index in [0.717, 1.165) is 40.6 Å². The number of likely N-dealkylation sites (tertiary alicyclic amines) is 1.